The lowest BCUT2D eigenvalue weighted by molar-refractivity contribution is 0.359. The van der Waals surface area contributed by atoms with Crippen molar-refractivity contribution in [3.63, 3.8) is 0 Å². The van der Waals surface area contributed by atoms with E-state index in [9.17, 15) is 0 Å². The summed E-state index contributed by atoms with van der Waals surface area (Å²) in [4.78, 5) is 0. The fraction of sp³-hybridized carbons (Fsp3) is 0.600. The van der Waals surface area contributed by atoms with E-state index in [4.69, 9.17) is 4.74 Å². The lowest BCUT2D eigenvalue weighted by Crippen LogP contribution is -2.28. The Morgan fingerprint density at radius 3 is 2.56 bits per heavy atom. The normalized spacial score (nSPS) is 16.9. The van der Waals surface area contributed by atoms with Gasteiger partial charge < -0.3 is 10.1 Å². The molecule has 2 rings (SSSR count). The van der Waals surface area contributed by atoms with Gasteiger partial charge in [-0.15, -0.1) is 0 Å². The van der Waals surface area contributed by atoms with Crippen LogP contribution in [0.15, 0.2) is 10.5 Å². The Hall–Kier alpha value is -0.540. The number of halogens is 1. The van der Waals surface area contributed by atoms with Crippen molar-refractivity contribution in [3.8, 4) is 5.75 Å². The molecule has 18 heavy (non-hydrogen) atoms. The Bertz CT molecular complexity index is 425. The highest BCUT2D eigenvalue weighted by Gasteiger charge is 2.19. The molecule has 0 aliphatic carbocycles. The minimum atomic E-state index is 0.786. The standard InChI is InChI=1S/C15H22BrNO/c1-10-8-11(2)14(16)15(18-3)13(10)9-12-4-6-17-7-5-12/h8,12,17H,4-7,9H2,1-3H3. The zero-order valence-corrected chi connectivity index (χ0v) is 13.1. The smallest absolute Gasteiger partial charge is 0.136 e. The van der Waals surface area contributed by atoms with E-state index in [1.54, 1.807) is 7.11 Å². The maximum absolute atomic E-state index is 5.62. The Balaban J connectivity index is 2.28. The van der Waals surface area contributed by atoms with Crippen LogP contribution in [0.1, 0.15) is 29.5 Å². The van der Waals surface area contributed by atoms with Crippen LogP contribution >= 0.6 is 15.9 Å². The van der Waals surface area contributed by atoms with Gasteiger partial charge in [0.05, 0.1) is 11.6 Å². The molecule has 0 aromatic heterocycles. The molecule has 0 bridgehead atoms. The van der Waals surface area contributed by atoms with Gasteiger partial charge in [0.1, 0.15) is 5.75 Å². The van der Waals surface area contributed by atoms with Crippen molar-refractivity contribution >= 4 is 15.9 Å². The average molecular weight is 312 g/mol. The van der Waals surface area contributed by atoms with Gasteiger partial charge in [-0.05, 0) is 84.7 Å². The van der Waals surface area contributed by atoms with Gasteiger partial charge in [-0.25, -0.2) is 0 Å². The van der Waals surface area contributed by atoms with Gasteiger partial charge in [0.15, 0.2) is 0 Å². The monoisotopic (exact) mass is 311 g/mol. The first kappa shape index (κ1) is 13.9. The summed E-state index contributed by atoms with van der Waals surface area (Å²) in [6.07, 6.45) is 3.68. The second-order valence-corrected chi connectivity index (χ2v) is 6.03. The minimum absolute atomic E-state index is 0.786. The van der Waals surface area contributed by atoms with E-state index in [-0.39, 0.29) is 0 Å². The van der Waals surface area contributed by atoms with Crippen LogP contribution in [-0.2, 0) is 6.42 Å². The van der Waals surface area contributed by atoms with E-state index < -0.39 is 0 Å². The summed E-state index contributed by atoms with van der Waals surface area (Å²) in [6, 6.07) is 2.25. The molecule has 1 aromatic carbocycles. The van der Waals surface area contributed by atoms with Crippen LogP contribution in [0.5, 0.6) is 5.75 Å². The van der Waals surface area contributed by atoms with Crippen molar-refractivity contribution in [2.45, 2.75) is 33.1 Å². The molecule has 1 saturated heterocycles. The maximum Gasteiger partial charge on any atom is 0.136 e. The highest BCUT2D eigenvalue weighted by atomic mass is 79.9. The molecule has 1 fully saturated rings. The number of benzene rings is 1. The summed E-state index contributed by atoms with van der Waals surface area (Å²) in [7, 11) is 1.77. The molecule has 0 spiro atoms. The van der Waals surface area contributed by atoms with Crippen molar-refractivity contribution < 1.29 is 4.74 Å². The van der Waals surface area contributed by atoms with E-state index in [2.05, 4.69) is 41.2 Å². The van der Waals surface area contributed by atoms with Gasteiger partial charge in [0.2, 0.25) is 0 Å². The van der Waals surface area contributed by atoms with Gasteiger partial charge >= 0.3 is 0 Å². The molecule has 0 saturated carbocycles. The van der Waals surface area contributed by atoms with Crippen LogP contribution in [0.2, 0.25) is 0 Å². The number of aryl methyl sites for hydroxylation is 2. The molecule has 0 atom stereocenters. The third-order valence-electron chi connectivity index (χ3n) is 3.88. The number of piperidine rings is 1. The van der Waals surface area contributed by atoms with Gasteiger partial charge in [-0.1, -0.05) is 6.07 Å². The molecule has 3 heteroatoms. The third kappa shape index (κ3) is 2.89. The molecule has 1 N–H and O–H groups in total. The van der Waals surface area contributed by atoms with E-state index >= 15 is 0 Å². The largest absolute Gasteiger partial charge is 0.495 e. The van der Waals surface area contributed by atoms with Gasteiger partial charge in [0, 0.05) is 0 Å². The second-order valence-electron chi connectivity index (χ2n) is 5.23. The maximum atomic E-state index is 5.62. The van der Waals surface area contributed by atoms with Crippen LogP contribution in [0, 0.1) is 19.8 Å². The molecule has 100 valence electrons. The van der Waals surface area contributed by atoms with Crippen molar-refractivity contribution in [1.29, 1.82) is 0 Å². The molecule has 1 aromatic rings. The first-order valence-corrected chi connectivity index (χ1v) is 7.46. The summed E-state index contributed by atoms with van der Waals surface area (Å²) in [5.41, 5.74) is 3.98. The lowest BCUT2D eigenvalue weighted by atomic mass is 9.88. The molecule has 2 nitrogen and oxygen atoms in total. The molecular formula is C15H22BrNO. The number of methoxy groups -OCH3 is 1. The van der Waals surface area contributed by atoms with E-state index in [0.29, 0.717) is 0 Å². The fourth-order valence-electron chi connectivity index (χ4n) is 2.81. The van der Waals surface area contributed by atoms with Gasteiger partial charge in [0.25, 0.3) is 0 Å². The quantitative estimate of drug-likeness (QED) is 0.920. The predicted octanol–water partition coefficient (Wildman–Crippen LogP) is 3.62. The fourth-order valence-corrected chi connectivity index (χ4v) is 3.32. The molecule has 1 heterocycles. The van der Waals surface area contributed by atoms with Crippen LogP contribution in [-0.4, -0.2) is 20.2 Å². The number of ether oxygens (including phenoxy) is 1. The summed E-state index contributed by atoms with van der Waals surface area (Å²) in [5.74, 6) is 1.82. The zero-order chi connectivity index (χ0) is 13.1. The first-order valence-electron chi connectivity index (χ1n) is 6.66. The summed E-state index contributed by atoms with van der Waals surface area (Å²) in [6.45, 7) is 6.62. The molecule has 0 radical (unpaired) electrons. The van der Waals surface area contributed by atoms with Crippen molar-refractivity contribution in [2.75, 3.05) is 20.2 Å². The molecular weight excluding hydrogens is 290 g/mol. The Labute approximate surface area is 118 Å². The van der Waals surface area contributed by atoms with Gasteiger partial charge in [-0.2, -0.15) is 0 Å². The highest BCUT2D eigenvalue weighted by Crippen LogP contribution is 2.36. The Kier molecular flexibility index (Phi) is 4.68. The number of hydrogen-bond acceptors (Lipinski definition) is 2. The molecule has 0 amide bonds. The van der Waals surface area contributed by atoms with Crippen LogP contribution in [0.3, 0.4) is 0 Å². The minimum Gasteiger partial charge on any atom is -0.495 e. The topological polar surface area (TPSA) is 21.3 Å². The SMILES string of the molecule is COc1c(Br)c(C)cc(C)c1CC1CCNCC1. The van der Waals surface area contributed by atoms with E-state index in [0.717, 1.165) is 35.7 Å². The molecule has 0 unspecified atom stereocenters. The van der Waals surface area contributed by atoms with Gasteiger partial charge in [-0.3, -0.25) is 0 Å². The van der Waals surface area contributed by atoms with Crippen LogP contribution in [0.4, 0.5) is 0 Å². The molecule has 1 aliphatic rings. The first-order chi connectivity index (χ1) is 8.63. The van der Waals surface area contributed by atoms with Crippen molar-refractivity contribution in [2.24, 2.45) is 5.92 Å². The Morgan fingerprint density at radius 2 is 1.94 bits per heavy atom. The summed E-state index contributed by atoms with van der Waals surface area (Å²) >= 11 is 3.65. The van der Waals surface area contributed by atoms with Crippen molar-refractivity contribution in [1.82, 2.24) is 5.32 Å². The number of rotatable bonds is 3. The third-order valence-corrected chi connectivity index (χ3v) is 4.87. The van der Waals surface area contributed by atoms with Crippen molar-refractivity contribution in [3.05, 3.63) is 27.2 Å². The van der Waals surface area contributed by atoms with Crippen LogP contribution in [0.25, 0.3) is 0 Å². The average Bonchev–Trinajstić information content (AvgIpc) is 2.37. The lowest BCUT2D eigenvalue weighted by Gasteiger charge is -2.25. The van der Waals surface area contributed by atoms with E-state index in [1.165, 1.54) is 29.5 Å². The summed E-state index contributed by atoms with van der Waals surface area (Å²) < 4.78 is 6.73. The van der Waals surface area contributed by atoms with Crippen LogP contribution < -0.4 is 10.1 Å². The predicted molar refractivity (Wildman–Crippen MR) is 79.5 cm³/mol. The summed E-state index contributed by atoms with van der Waals surface area (Å²) in [5, 5.41) is 3.42. The zero-order valence-electron chi connectivity index (χ0n) is 11.5. The number of nitrogens with one attached hydrogen (secondary N) is 1. The molecule has 1 aliphatic heterocycles. The highest BCUT2D eigenvalue weighted by molar-refractivity contribution is 9.10. The Morgan fingerprint density at radius 1 is 1.28 bits per heavy atom. The number of hydrogen-bond donors (Lipinski definition) is 1. The second kappa shape index (κ2) is 6.07. The van der Waals surface area contributed by atoms with E-state index in [1.807, 2.05) is 0 Å².